The highest BCUT2D eigenvalue weighted by atomic mass is 16.2. The Kier molecular flexibility index (Phi) is 4.64. The molecule has 0 unspecified atom stereocenters. The zero-order chi connectivity index (χ0) is 14.4. The molecule has 0 N–H and O–H groups in total. The van der Waals surface area contributed by atoms with Gasteiger partial charge in [-0.15, -0.1) is 0 Å². The van der Waals surface area contributed by atoms with Crippen LogP contribution in [0.15, 0.2) is 24.6 Å². The predicted octanol–water partition coefficient (Wildman–Crippen LogP) is -2.53. The van der Waals surface area contributed by atoms with Gasteiger partial charge in [-0.3, -0.25) is 4.99 Å². The van der Waals surface area contributed by atoms with Crippen LogP contribution in [0.1, 0.15) is 0 Å². The van der Waals surface area contributed by atoms with Crippen LogP contribution >= 0.6 is 0 Å². The minimum Gasteiger partial charge on any atom is -0.255 e. The normalized spacial score (nSPS) is 9.37. The molecule has 0 saturated heterocycles. The molecular formula is C9H10N6O4. The zero-order valence-electron chi connectivity index (χ0n) is 10.2. The third kappa shape index (κ3) is 2.71. The fraction of sp³-hybridized carbons (Fsp3) is 0.444. The monoisotopic (exact) mass is 266 g/mol. The Morgan fingerprint density at radius 3 is 1.74 bits per heavy atom. The number of nitrogens with zero attached hydrogens (tertiary/aromatic N) is 6. The average molecular weight is 266 g/mol. The third-order valence-corrected chi connectivity index (χ3v) is 2.27. The number of hydrogen-bond donors (Lipinski definition) is 0. The molecule has 0 amide bonds. The number of aliphatic imine (C=N–C) groups is 2. The molecular weight excluding hydrogens is 256 g/mol. The molecule has 10 heteroatoms. The standard InChI is InChI=1S/C9H10N6O4/c1-10-7-14(3-11-5-16)8(18)13(2)9(19)15(7)4-12-6-17/h3-4H2,1-2H3. The smallest absolute Gasteiger partial charge is 0.255 e. The molecule has 19 heavy (non-hydrogen) atoms. The molecule has 1 heterocycles. The summed E-state index contributed by atoms with van der Waals surface area (Å²) in [5.74, 6) is 0. The van der Waals surface area contributed by atoms with Gasteiger partial charge in [0.1, 0.15) is 13.3 Å². The van der Waals surface area contributed by atoms with E-state index in [0.717, 1.165) is 13.7 Å². The molecule has 0 aliphatic carbocycles. The molecule has 0 spiro atoms. The van der Waals surface area contributed by atoms with Crippen molar-refractivity contribution < 1.29 is 9.59 Å². The van der Waals surface area contributed by atoms with Crippen LogP contribution in [0.25, 0.3) is 0 Å². The summed E-state index contributed by atoms with van der Waals surface area (Å²) in [6, 6.07) is 0. The van der Waals surface area contributed by atoms with Crippen molar-refractivity contribution in [3.8, 4) is 0 Å². The zero-order valence-corrected chi connectivity index (χ0v) is 10.2. The highest BCUT2D eigenvalue weighted by Gasteiger charge is 2.10. The minimum atomic E-state index is -0.698. The van der Waals surface area contributed by atoms with Crippen molar-refractivity contribution in [2.24, 2.45) is 22.0 Å². The van der Waals surface area contributed by atoms with Crippen LogP contribution in [0.4, 0.5) is 0 Å². The molecule has 0 aliphatic rings. The van der Waals surface area contributed by atoms with Gasteiger partial charge in [0.05, 0.1) is 0 Å². The second kappa shape index (κ2) is 6.20. The molecule has 1 aromatic heterocycles. The molecule has 0 radical (unpaired) electrons. The second-order valence-corrected chi connectivity index (χ2v) is 3.29. The Morgan fingerprint density at radius 2 is 1.42 bits per heavy atom. The third-order valence-electron chi connectivity index (χ3n) is 2.27. The summed E-state index contributed by atoms with van der Waals surface area (Å²) < 4.78 is 2.74. The van der Waals surface area contributed by atoms with Gasteiger partial charge in [-0.25, -0.2) is 32.9 Å². The lowest BCUT2D eigenvalue weighted by atomic mass is 10.7. The summed E-state index contributed by atoms with van der Waals surface area (Å²) in [7, 11) is 2.59. The van der Waals surface area contributed by atoms with Gasteiger partial charge in [-0.1, -0.05) is 0 Å². The summed E-state index contributed by atoms with van der Waals surface area (Å²) in [5.41, 5.74) is -1.46. The molecule has 10 nitrogen and oxygen atoms in total. The minimum absolute atomic E-state index is 0.0638. The van der Waals surface area contributed by atoms with Crippen LogP contribution in [0.5, 0.6) is 0 Å². The summed E-state index contributed by atoms with van der Waals surface area (Å²) in [6.07, 6.45) is 2.57. The fourth-order valence-corrected chi connectivity index (χ4v) is 1.45. The number of isocyanates is 2. The van der Waals surface area contributed by atoms with Gasteiger partial charge in [0.2, 0.25) is 17.8 Å². The van der Waals surface area contributed by atoms with E-state index in [4.69, 9.17) is 0 Å². The number of rotatable bonds is 4. The van der Waals surface area contributed by atoms with Gasteiger partial charge in [0.25, 0.3) is 0 Å². The summed E-state index contributed by atoms with van der Waals surface area (Å²) >= 11 is 0. The van der Waals surface area contributed by atoms with E-state index in [-0.39, 0.29) is 19.0 Å². The molecule has 0 saturated carbocycles. The van der Waals surface area contributed by atoms with Gasteiger partial charge in [-0.05, 0) is 0 Å². The van der Waals surface area contributed by atoms with Crippen LogP contribution in [-0.2, 0) is 30.0 Å². The Bertz CT molecular complexity index is 696. The van der Waals surface area contributed by atoms with Crippen molar-refractivity contribution in [1.29, 1.82) is 0 Å². The van der Waals surface area contributed by atoms with Crippen molar-refractivity contribution in [2.45, 2.75) is 13.3 Å². The molecule has 0 aliphatic heterocycles. The Morgan fingerprint density at radius 1 is 1.00 bits per heavy atom. The maximum Gasteiger partial charge on any atom is 0.336 e. The maximum atomic E-state index is 11.9. The highest BCUT2D eigenvalue weighted by Crippen LogP contribution is 1.77. The molecule has 0 bridgehead atoms. The van der Waals surface area contributed by atoms with Crippen molar-refractivity contribution in [2.75, 3.05) is 7.05 Å². The fourth-order valence-electron chi connectivity index (χ4n) is 1.45. The first-order valence-corrected chi connectivity index (χ1v) is 4.99. The van der Waals surface area contributed by atoms with Crippen molar-refractivity contribution in [1.82, 2.24) is 13.7 Å². The van der Waals surface area contributed by atoms with Crippen LogP contribution in [0.3, 0.4) is 0 Å². The highest BCUT2D eigenvalue weighted by molar-refractivity contribution is 5.32. The Labute approximate surface area is 105 Å². The van der Waals surface area contributed by atoms with E-state index in [1.165, 1.54) is 26.3 Å². The van der Waals surface area contributed by atoms with Gasteiger partial charge in [0.15, 0.2) is 0 Å². The first-order valence-electron chi connectivity index (χ1n) is 4.99. The first kappa shape index (κ1) is 14.2. The van der Waals surface area contributed by atoms with Gasteiger partial charge < -0.3 is 0 Å². The SMILES string of the molecule is CN=c1n(CN=C=O)c(=O)n(C)c(=O)n1CN=C=O. The second-order valence-electron chi connectivity index (χ2n) is 3.29. The first-order chi connectivity index (χ1) is 9.08. The van der Waals surface area contributed by atoms with Crippen molar-refractivity contribution in [3.63, 3.8) is 0 Å². The average Bonchev–Trinajstić information content (AvgIpc) is 2.42. The lowest BCUT2D eigenvalue weighted by Crippen LogP contribution is -2.54. The van der Waals surface area contributed by atoms with Crippen molar-refractivity contribution in [3.05, 3.63) is 26.6 Å². The van der Waals surface area contributed by atoms with Gasteiger partial charge in [0, 0.05) is 14.1 Å². The van der Waals surface area contributed by atoms with E-state index in [0.29, 0.717) is 0 Å². The molecule has 0 atom stereocenters. The Balaban J connectivity index is 3.78. The van der Waals surface area contributed by atoms with Crippen LogP contribution in [0.2, 0.25) is 0 Å². The quantitative estimate of drug-likeness (QED) is 0.440. The lowest BCUT2D eigenvalue weighted by molar-refractivity contribution is 0.466. The molecule has 0 aromatic carbocycles. The Hall–Kier alpha value is -2.83. The lowest BCUT2D eigenvalue weighted by Gasteiger charge is -2.10. The molecule has 1 aromatic rings. The van der Waals surface area contributed by atoms with E-state index >= 15 is 0 Å². The van der Waals surface area contributed by atoms with E-state index < -0.39 is 11.4 Å². The van der Waals surface area contributed by atoms with Gasteiger partial charge in [-0.2, -0.15) is 9.98 Å². The topological polar surface area (TPSA) is 120 Å². The van der Waals surface area contributed by atoms with Gasteiger partial charge >= 0.3 is 11.4 Å². The van der Waals surface area contributed by atoms with Crippen LogP contribution in [-0.4, -0.2) is 32.9 Å². The summed E-state index contributed by atoms with van der Waals surface area (Å²) in [5, 5.41) is 0. The number of aromatic nitrogens is 3. The summed E-state index contributed by atoms with van der Waals surface area (Å²) in [4.78, 5) is 54.2. The van der Waals surface area contributed by atoms with E-state index in [1.54, 1.807) is 0 Å². The van der Waals surface area contributed by atoms with Crippen molar-refractivity contribution >= 4 is 12.2 Å². The number of hydrogen-bond acceptors (Lipinski definition) is 7. The molecule has 1 rings (SSSR count). The number of carbonyl (C=O) groups excluding carboxylic acids is 2. The largest absolute Gasteiger partial charge is 0.336 e. The van der Waals surface area contributed by atoms with Crippen LogP contribution < -0.4 is 17.0 Å². The van der Waals surface area contributed by atoms with E-state index in [9.17, 15) is 19.2 Å². The maximum absolute atomic E-state index is 11.9. The van der Waals surface area contributed by atoms with E-state index in [2.05, 4.69) is 15.0 Å². The van der Waals surface area contributed by atoms with Crippen LogP contribution in [0, 0.1) is 0 Å². The summed E-state index contributed by atoms with van der Waals surface area (Å²) in [6.45, 7) is -0.679. The van der Waals surface area contributed by atoms with E-state index in [1.807, 2.05) is 0 Å². The molecule has 100 valence electrons. The molecule has 0 fully saturated rings. The predicted molar refractivity (Wildman–Crippen MR) is 61.7 cm³/mol.